The van der Waals surface area contributed by atoms with Crippen LogP contribution in [0.3, 0.4) is 0 Å². The van der Waals surface area contributed by atoms with Crippen LogP contribution in [0.25, 0.3) is 5.57 Å². The highest BCUT2D eigenvalue weighted by Gasteiger charge is 2.20. The van der Waals surface area contributed by atoms with Crippen LogP contribution in [0, 0.1) is 23.9 Å². The lowest BCUT2D eigenvalue weighted by atomic mass is 9.98. The minimum absolute atomic E-state index is 0.0475. The SMILES string of the molecule is Fc1cc(F)c(F)c(C2=C[CH]c3ccccc32)c1. The van der Waals surface area contributed by atoms with Crippen LogP contribution in [0.5, 0.6) is 0 Å². The normalized spacial score (nSPS) is 13.4. The highest BCUT2D eigenvalue weighted by Crippen LogP contribution is 2.35. The van der Waals surface area contributed by atoms with Crippen molar-refractivity contribution in [2.24, 2.45) is 0 Å². The second kappa shape index (κ2) is 4.02. The molecule has 0 aromatic heterocycles. The molecule has 0 unspecified atom stereocenters. The van der Waals surface area contributed by atoms with Crippen molar-refractivity contribution in [1.82, 2.24) is 0 Å². The first kappa shape index (κ1) is 11.1. The van der Waals surface area contributed by atoms with E-state index in [9.17, 15) is 13.2 Å². The van der Waals surface area contributed by atoms with Crippen molar-refractivity contribution >= 4 is 5.57 Å². The van der Waals surface area contributed by atoms with Gasteiger partial charge in [0.25, 0.3) is 0 Å². The summed E-state index contributed by atoms with van der Waals surface area (Å²) in [6.07, 6.45) is 3.47. The van der Waals surface area contributed by atoms with Gasteiger partial charge in [0, 0.05) is 18.1 Å². The van der Waals surface area contributed by atoms with E-state index in [1.807, 2.05) is 12.1 Å². The van der Waals surface area contributed by atoms with Gasteiger partial charge in [-0.15, -0.1) is 0 Å². The molecule has 0 N–H and O–H groups in total. The smallest absolute Gasteiger partial charge is 0.166 e. The Labute approximate surface area is 102 Å². The maximum absolute atomic E-state index is 13.7. The number of allylic oxidation sites excluding steroid dienone is 1. The molecule has 0 amide bonds. The molecule has 0 saturated heterocycles. The first-order valence-electron chi connectivity index (χ1n) is 5.46. The second-order valence-electron chi connectivity index (χ2n) is 4.08. The van der Waals surface area contributed by atoms with E-state index in [4.69, 9.17) is 0 Å². The molecule has 0 aliphatic heterocycles. The van der Waals surface area contributed by atoms with Crippen LogP contribution >= 0.6 is 0 Å². The van der Waals surface area contributed by atoms with Crippen LogP contribution in [-0.2, 0) is 0 Å². The number of benzene rings is 2. The molecule has 3 rings (SSSR count). The topological polar surface area (TPSA) is 0 Å². The van der Waals surface area contributed by atoms with Gasteiger partial charge in [0.05, 0.1) is 0 Å². The Bertz CT molecular complexity index is 657. The van der Waals surface area contributed by atoms with Gasteiger partial charge in [0.1, 0.15) is 5.82 Å². The molecule has 1 aliphatic carbocycles. The Balaban J connectivity index is 2.19. The molecule has 0 atom stereocenters. The molecule has 2 aromatic carbocycles. The van der Waals surface area contributed by atoms with E-state index >= 15 is 0 Å². The maximum Gasteiger partial charge on any atom is 0.166 e. The molecule has 89 valence electrons. The largest absolute Gasteiger partial charge is 0.207 e. The van der Waals surface area contributed by atoms with Crippen LogP contribution in [0.15, 0.2) is 42.5 Å². The summed E-state index contributed by atoms with van der Waals surface area (Å²) in [7, 11) is 0. The number of hydrogen-bond donors (Lipinski definition) is 0. The van der Waals surface area contributed by atoms with E-state index in [0.29, 0.717) is 11.6 Å². The first-order valence-corrected chi connectivity index (χ1v) is 5.46. The van der Waals surface area contributed by atoms with Gasteiger partial charge in [-0.3, -0.25) is 0 Å². The highest BCUT2D eigenvalue weighted by molar-refractivity contribution is 5.87. The molecule has 0 nitrogen and oxygen atoms in total. The molecule has 0 fully saturated rings. The van der Waals surface area contributed by atoms with Crippen molar-refractivity contribution < 1.29 is 13.2 Å². The van der Waals surface area contributed by atoms with Gasteiger partial charge < -0.3 is 0 Å². The van der Waals surface area contributed by atoms with Crippen LogP contribution in [0.2, 0.25) is 0 Å². The summed E-state index contributed by atoms with van der Waals surface area (Å²) in [4.78, 5) is 0. The third kappa shape index (κ3) is 1.63. The molecule has 0 heterocycles. The zero-order valence-corrected chi connectivity index (χ0v) is 9.25. The summed E-state index contributed by atoms with van der Waals surface area (Å²) < 4.78 is 40.1. The van der Waals surface area contributed by atoms with Gasteiger partial charge in [-0.1, -0.05) is 30.3 Å². The van der Waals surface area contributed by atoms with Crippen LogP contribution in [0.1, 0.15) is 16.7 Å². The summed E-state index contributed by atoms with van der Waals surface area (Å²) >= 11 is 0. The third-order valence-electron chi connectivity index (χ3n) is 2.96. The van der Waals surface area contributed by atoms with Crippen LogP contribution < -0.4 is 0 Å². The van der Waals surface area contributed by atoms with Gasteiger partial charge in [-0.05, 0) is 22.8 Å². The third-order valence-corrected chi connectivity index (χ3v) is 2.96. The predicted molar refractivity (Wildman–Crippen MR) is 63.2 cm³/mol. The molecule has 1 radical (unpaired) electrons. The van der Waals surface area contributed by atoms with Crippen molar-refractivity contribution in [1.29, 1.82) is 0 Å². The van der Waals surface area contributed by atoms with E-state index in [0.717, 1.165) is 17.2 Å². The fourth-order valence-corrected chi connectivity index (χ4v) is 2.14. The van der Waals surface area contributed by atoms with Crippen molar-refractivity contribution in [2.75, 3.05) is 0 Å². The second-order valence-corrected chi connectivity index (χ2v) is 4.08. The fraction of sp³-hybridized carbons (Fsp3) is 0. The number of rotatable bonds is 1. The van der Waals surface area contributed by atoms with E-state index in [2.05, 4.69) is 0 Å². The van der Waals surface area contributed by atoms with Gasteiger partial charge in [0.15, 0.2) is 11.6 Å². The zero-order chi connectivity index (χ0) is 12.7. The molecule has 1 aliphatic rings. The molecule has 3 heteroatoms. The number of halogens is 3. The predicted octanol–water partition coefficient (Wildman–Crippen LogP) is 4.10. The van der Waals surface area contributed by atoms with Gasteiger partial charge in [-0.25, -0.2) is 13.2 Å². The molecule has 2 aromatic rings. The fourth-order valence-electron chi connectivity index (χ4n) is 2.14. The Morgan fingerprint density at radius 1 is 0.833 bits per heavy atom. The Kier molecular flexibility index (Phi) is 2.47. The lowest BCUT2D eigenvalue weighted by Gasteiger charge is -2.08. The lowest BCUT2D eigenvalue weighted by Crippen LogP contribution is -1.96. The highest BCUT2D eigenvalue weighted by atomic mass is 19.2. The van der Waals surface area contributed by atoms with Crippen LogP contribution in [0.4, 0.5) is 13.2 Å². The average Bonchev–Trinajstić information content (AvgIpc) is 2.77. The van der Waals surface area contributed by atoms with Crippen molar-refractivity contribution in [3.05, 3.63) is 83.0 Å². The van der Waals surface area contributed by atoms with E-state index in [-0.39, 0.29) is 5.56 Å². The number of fused-ring (bicyclic) bond motifs is 1. The van der Waals surface area contributed by atoms with Gasteiger partial charge in [-0.2, -0.15) is 0 Å². The Hall–Kier alpha value is -2.03. The van der Waals surface area contributed by atoms with Gasteiger partial charge in [0.2, 0.25) is 0 Å². The monoisotopic (exact) mass is 245 g/mol. The van der Waals surface area contributed by atoms with Crippen molar-refractivity contribution in [3.8, 4) is 0 Å². The average molecular weight is 245 g/mol. The molecular formula is C15H8F3. The van der Waals surface area contributed by atoms with Gasteiger partial charge >= 0.3 is 0 Å². The number of hydrogen-bond acceptors (Lipinski definition) is 0. The van der Waals surface area contributed by atoms with E-state index in [1.54, 1.807) is 24.6 Å². The minimum atomic E-state index is -1.17. The summed E-state index contributed by atoms with van der Waals surface area (Å²) in [6, 6.07) is 8.89. The summed E-state index contributed by atoms with van der Waals surface area (Å²) in [6.45, 7) is 0. The minimum Gasteiger partial charge on any atom is -0.207 e. The summed E-state index contributed by atoms with van der Waals surface area (Å²) in [5.74, 6) is -2.97. The molecule has 0 bridgehead atoms. The van der Waals surface area contributed by atoms with Crippen molar-refractivity contribution in [2.45, 2.75) is 0 Å². The Morgan fingerprint density at radius 2 is 1.61 bits per heavy atom. The van der Waals surface area contributed by atoms with Crippen LogP contribution in [-0.4, -0.2) is 0 Å². The Morgan fingerprint density at radius 3 is 2.44 bits per heavy atom. The summed E-state index contributed by atoms with van der Waals surface area (Å²) in [5.41, 5.74) is 2.15. The quantitative estimate of drug-likeness (QED) is 0.663. The molecule has 0 saturated carbocycles. The molecule has 0 spiro atoms. The summed E-state index contributed by atoms with van der Waals surface area (Å²) in [5, 5.41) is 0. The molecule has 18 heavy (non-hydrogen) atoms. The van der Waals surface area contributed by atoms with E-state index < -0.39 is 17.5 Å². The zero-order valence-electron chi connectivity index (χ0n) is 9.25. The molecular weight excluding hydrogens is 237 g/mol. The lowest BCUT2D eigenvalue weighted by molar-refractivity contribution is 0.492. The standard InChI is InChI=1S/C15H8F3/c16-10-7-13(15(18)14(17)8-10)12-6-5-9-3-1-2-4-11(9)12/h1-8H. The maximum atomic E-state index is 13.7. The first-order chi connectivity index (χ1) is 8.66. The van der Waals surface area contributed by atoms with E-state index in [1.165, 1.54) is 0 Å². The van der Waals surface area contributed by atoms with Crippen molar-refractivity contribution in [3.63, 3.8) is 0 Å².